The van der Waals surface area contributed by atoms with Gasteiger partial charge in [0.1, 0.15) is 11.4 Å². The van der Waals surface area contributed by atoms with E-state index in [0.29, 0.717) is 17.1 Å². The molecule has 7 heteroatoms. The van der Waals surface area contributed by atoms with E-state index in [4.69, 9.17) is 4.52 Å². The lowest BCUT2D eigenvalue weighted by molar-refractivity contribution is 0.402. The highest BCUT2D eigenvalue weighted by molar-refractivity contribution is 9.10. The second-order valence-corrected chi connectivity index (χ2v) is 6.14. The number of hydrogen-bond donors (Lipinski definition) is 0. The minimum Gasteiger partial charge on any atom is -0.335 e. The average molecular weight is 382 g/mol. The van der Waals surface area contributed by atoms with Crippen LogP contribution in [0.4, 0.5) is 0 Å². The van der Waals surface area contributed by atoms with Crippen LogP contribution in [0.1, 0.15) is 5.69 Å². The summed E-state index contributed by atoms with van der Waals surface area (Å²) in [5.41, 5.74) is 4.01. The van der Waals surface area contributed by atoms with E-state index in [-0.39, 0.29) is 0 Å². The molecule has 0 aliphatic heterocycles. The monoisotopic (exact) mass is 381 g/mol. The number of rotatable bonds is 3. The van der Waals surface area contributed by atoms with Crippen LogP contribution in [0, 0.1) is 6.92 Å². The van der Waals surface area contributed by atoms with Crippen LogP contribution in [0.3, 0.4) is 0 Å². The molecule has 0 saturated heterocycles. The molecule has 0 atom stereocenters. The molecule has 0 radical (unpaired) electrons. The van der Waals surface area contributed by atoms with Crippen molar-refractivity contribution >= 4 is 15.9 Å². The molecule has 118 valence electrons. The van der Waals surface area contributed by atoms with Crippen molar-refractivity contribution in [1.29, 1.82) is 0 Å². The highest BCUT2D eigenvalue weighted by Gasteiger charge is 2.22. The third-order valence-corrected chi connectivity index (χ3v) is 4.18. The minimum atomic E-state index is 0.525. The average Bonchev–Trinajstić information content (AvgIpc) is 3.22. The molecule has 4 rings (SSSR count). The van der Waals surface area contributed by atoms with Crippen LogP contribution in [0.2, 0.25) is 0 Å². The van der Waals surface area contributed by atoms with E-state index in [1.54, 1.807) is 4.68 Å². The van der Waals surface area contributed by atoms with E-state index in [2.05, 4.69) is 36.6 Å². The molecule has 0 N–H and O–H groups in total. The molecule has 0 fully saturated rings. The topological polar surface area (TPSA) is 69.6 Å². The van der Waals surface area contributed by atoms with Gasteiger partial charge in [0.2, 0.25) is 5.76 Å². The van der Waals surface area contributed by atoms with Crippen LogP contribution in [0.15, 0.2) is 63.6 Å². The van der Waals surface area contributed by atoms with Gasteiger partial charge in [-0.25, -0.2) is 4.68 Å². The Balaban J connectivity index is 1.97. The molecule has 2 aromatic heterocycles. The Kier molecular flexibility index (Phi) is 3.70. The number of halogens is 1. The van der Waals surface area contributed by atoms with Crippen molar-refractivity contribution in [3.63, 3.8) is 0 Å². The summed E-state index contributed by atoms with van der Waals surface area (Å²) < 4.78 is 8.09. The number of aromatic nitrogens is 5. The fourth-order valence-electron chi connectivity index (χ4n) is 2.50. The second-order valence-electron chi connectivity index (χ2n) is 5.23. The van der Waals surface area contributed by atoms with Crippen molar-refractivity contribution in [3.05, 3.63) is 64.8 Å². The van der Waals surface area contributed by atoms with Gasteiger partial charge >= 0.3 is 0 Å². The number of benzene rings is 2. The lowest BCUT2D eigenvalue weighted by Gasteiger charge is -2.08. The predicted molar refractivity (Wildman–Crippen MR) is 92.5 cm³/mol. The normalized spacial score (nSPS) is 10.9. The molecule has 0 aliphatic rings. The van der Waals surface area contributed by atoms with Gasteiger partial charge in [-0.2, -0.15) is 0 Å². The Morgan fingerprint density at radius 1 is 0.958 bits per heavy atom. The number of hydrogen-bond acceptors (Lipinski definition) is 5. The van der Waals surface area contributed by atoms with Crippen molar-refractivity contribution in [3.8, 4) is 28.4 Å². The summed E-state index contributed by atoms with van der Waals surface area (Å²) >= 11 is 3.45. The first kappa shape index (κ1) is 14.8. The first-order valence-electron chi connectivity index (χ1n) is 7.30. The van der Waals surface area contributed by atoms with Crippen molar-refractivity contribution in [2.24, 2.45) is 0 Å². The summed E-state index contributed by atoms with van der Waals surface area (Å²) in [4.78, 5) is 0. The maximum Gasteiger partial charge on any atom is 0.212 e. The Labute approximate surface area is 146 Å². The van der Waals surface area contributed by atoms with E-state index >= 15 is 0 Å². The van der Waals surface area contributed by atoms with Crippen molar-refractivity contribution in [1.82, 2.24) is 25.4 Å². The Hall–Kier alpha value is -2.80. The molecule has 24 heavy (non-hydrogen) atoms. The predicted octanol–water partition coefficient (Wildman–Crippen LogP) is 4.06. The molecule has 0 saturated carbocycles. The largest absolute Gasteiger partial charge is 0.335 e. The van der Waals surface area contributed by atoms with Gasteiger partial charge < -0.3 is 4.52 Å². The van der Waals surface area contributed by atoms with Crippen LogP contribution < -0.4 is 0 Å². The van der Waals surface area contributed by atoms with E-state index in [9.17, 15) is 0 Å². The molecule has 4 aromatic rings. The van der Waals surface area contributed by atoms with Gasteiger partial charge in [-0.1, -0.05) is 51.5 Å². The molecule has 0 bridgehead atoms. The van der Waals surface area contributed by atoms with Crippen molar-refractivity contribution < 1.29 is 4.52 Å². The lowest BCUT2D eigenvalue weighted by Crippen LogP contribution is -1.99. The van der Waals surface area contributed by atoms with Gasteiger partial charge in [0.15, 0.2) is 5.69 Å². The Morgan fingerprint density at radius 3 is 2.38 bits per heavy atom. The maximum absolute atomic E-state index is 5.30. The molecule has 6 nitrogen and oxygen atoms in total. The van der Waals surface area contributed by atoms with E-state index in [1.807, 2.05) is 61.5 Å². The Morgan fingerprint density at radius 2 is 1.71 bits per heavy atom. The van der Waals surface area contributed by atoms with Gasteiger partial charge in [0, 0.05) is 15.3 Å². The quantitative estimate of drug-likeness (QED) is 0.535. The van der Waals surface area contributed by atoms with Gasteiger partial charge in [0.25, 0.3) is 0 Å². The molecular formula is C17H12BrN5O. The summed E-state index contributed by atoms with van der Waals surface area (Å²) in [6, 6.07) is 17.8. The summed E-state index contributed by atoms with van der Waals surface area (Å²) in [7, 11) is 0. The minimum absolute atomic E-state index is 0.525. The van der Waals surface area contributed by atoms with Crippen molar-refractivity contribution in [2.75, 3.05) is 0 Å². The molecule has 0 aliphatic carbocycles. The zero-order valence-electron chi connectivity index (χ0n) is 12.7. The number of nitrogens with zero attached hydrogens (tertiary/aromatic N) is 5. The van der Waals surface area contributed by atoms with Gasteiger partial charge in [0.05, 0.1) is 5.69 Å². The number of aryl methyl sites for hydroxylation is 1. The van der Waals surface area contributed by atoms with Gasteiger partial charge in [-0.15, -0.1) is 10.2 Å². The first-order chi connectivity index (χ1) is 11.7. The smallest absolute Gasteiger partial charge is 0.212 e. The summed E-state index contributed by atoms with van der Waals surface area (Å²) in [6.45, 7) is 1.83. The maximum atomic E-state index is 5.30. The zero-order chi connectivity index (χ0) is 16.5. The Bertz CT molecular complexity index is 976. The fourth-order valence-corrected chi connectivity index (χ4v) is 2.77. The van der Waals surface area contributed by atoms with Crippen LogP contribution in [0.25, 0.3) is 28.4 Å². The van der Waals surface area contributed by atoms with Gasteiger partial charge in [-0.05, 0) is 31.2 Å². The zero-order valence-corrected chi connectivity index (χ0v) is 14.3. The molecule has 2 heterocycles. The van der Waals surface area contributed by atoms with Crippen LogP contribution >= 0.6 is 15.9 Å². The first-order valence-corrected chi connectivity index (χ1v) is 8.10. The highest BCUT2D eigenvalue weighted by Crippen LogP contribution is 2.33. The fraction of sp³-hybridized carbons (Fsp3) is 0.0588. The summed E-state index contributed by atoms with van der Waals surface area (Å²) in [5.74, 6) is 0.525. The standard InChI is InChI=1S/C17H12BrN5O/c1-11-17(24-22-19-11)15-16(12-5-3-2-4-6-12)23(21-20-15)14-9-7-13(18)8-10-14/h2-10H,1H3. The van der Waals surface area contributed by atoms with Gasteiger partial charge in [-0.3, -0.25) is 0 Å². The SMILES string of the molecule is Cc1nnoc1-c1nnn(-c2ccc(Br)cc2)c1-c1ccccc1. The van der Waals surface area contributed by atoms with Crippen LogP contribution in [-0.4, -0.2) is 25.4 Å². The third-order valence-electron chi connectivity index (χ3n) is 3.66. The van der Waals surface area contributed by atoms with E-state index in [1.165, 1.54) is 0 Å². The summed E-state index contributed by atoms with van der Waals surface area (Å²) in [6.07, 6.45) is 0. The molecule has 0 amide bonds. The van der Waals surface area contributed by atoms with Crippen molar-refractivity contribution in [2.45, 2.75) is 6.92 Å². The van der Waals surface area contributed by atoms with Crippen LogP contribution in [0.5, 0.6) is 0 Å². The van der Waals surface area contributed by atoms with E-state index in [0.717, 1.165) is 21.4 Å². The second kappa shape index (κ2) is 6.01. The molecule has 0 unspecified atom stereocenters. The summed E-state index contributed by atoms with van der Waals surface area (Å²) in [5, 5.41) is 16.2. The molecular weight excluding hydrogens is 370 g/mol. The lowest BCUT2D eigenvalue weighted by atomic mass is 10.1. The van der Waals surface area contributed by atoms with E-state index < -0.39 is 0 Å². The highest BCUT2D eigenvalue weighted by atomic mass is 79.9. The molecule has 2 aromatic carbocycles. The third kappa shape index (κ3) is 2.52. The van der Waals surface area contributed by atoms with Crippen LogP contribution in [-0.2, 0) is 0 Å². The molecule has 0 spiro atoms.